The zero-order valence-electron chi connectivity index (χ0n) is 12.2. The summed E-state index contributed by atoms with van der Waals surface area (Å²) in [5, 5.41) is 12.0. The number of pyridine rings is 1. The van der Waals surface area contributed by atoms with Gasteiger partial charge in [0.15, 0.2) is 5.84 Å². The molecule has 20 heavy (non-hydrogen) atoms. The van der Waals surface area contributed by atoms with Gasteiger partial charge in [-0.1, -0.05) is 12.1 Å². The average Bonchev–Trinajstić information content (AvgIpc) is 2.47. The minimum Gasteiger partial charge on any atom is -0.409 e. The number of anilines is 1. The maximum absolute atomic E-state index is 8.91. The van der Waals surface area contributed by atoms with E-state index in [4.69, 9.17) is 15.7 Å². The van der Waals surface area contributed by atoms with Crippen LogP contribution in [0.25, 0.3) is 0 Å². The monoisotopic (exact) mass is 278 g/mol. The Bertz CT molecular complexity index is 504. The fourth-order valence-electron chi connectivity index (χ4n) is 2.57. The number of nitrogens with two attached hydrogens (primary N) is 1. The summed E-state index contributed by atoms with van der Waals surface area (Å²) in [5.41, 5.74) is 7.31. The third-order valence-corrected chi connectivity index (χ3v) is 3.89. The number of hydrogen-bond acceptors (Lipinski definition) is 5. The van der Waals surface area contributed by atoms with Gasteiger partial charge in [-0.2, -0.15) is 0 Å². The molecule has 1 aromatic rings. The highest BCUT2D eigenvalue weighted by molar-refractivity contribution is 6.01. The lowest BCUT2D eigenvalue weighted by atomic mass is 9.95. The van der Waals surface area contributed by atoms with Crippen molar-refractivity contribution < 1.29 is 9.94 Å². The maximum Gasteiger partial charge on any atom is 0.173 e. The fourth-order valence-corrected chi connectivity index (χ4v) is 2.57. The second-order valence-corrected chi connectivity index (χ2v) is 5.30. The Balaban J connectivity index is 2.34. The molecule has 1 saturated heterocycles. The van der Waals surface area contributed by atoms with E-state index in [1.807, 2.05) is 19.1 Å². The number of piperidine rings is 1. The molecule has 2 unspecified atom stereocenters. The highest BCUT2D eigenvalue weighted by Gasteiger charge is 2.28. The number of methoxy groups -OCH3 is 1. The van der Waals surface area contributed by atoms with Crippen molar-refractivity contribution in [2.45, 2.75) is 26.4 Å². The van der Waals surface area contributed by atoms with Crippen LogP contribution in [-0.2, 0) is 4.74 Å². The van der Waals surface area contributed by atoms with E-state index in [0.29, 0.717) is 11.5 Å². The molecule has 0 aromatic carbocycles. The molecule has 0 bridgehead atoms. The molecule has 3 N–H and O–H groups in total. The van der Waals surface area contributed by atoms with E-state index in [1.165, 1.54) is 0 Å². The van der Waals surface area contributed by atoms with Gasteiger partial charge in [-0.05, 0) is 31.4 Å². The Hall–Kier alpha value is -1.82. The van der Waals surface area contributed by atoms with Gasteiger partial charge in [0.05, 0.1) is 11.7 Å². The normalized spacial score (nSPS) is 23.9. The van der Waals surface area contributed by atoms with Gasteiger partial charge in [-0.15, -0.1) is 0 Å². The number of ether oxygens (including phenoxy) is 1. The highest BCUT2D eigenvalue weighted by atomic mass is 16.5. The molecule has 0 amide bonds. The van der Waals surface area contributed by atoms with Gasteiger partial charge in [-0.3, -0.25) is 0 Å². The minimum absolute atomic E-state index is 0.0834. The van der Waals surface area contributed by atoms with E-state index in [-0.39, 0.29) is 11.9 Å². The summed E-state index contributed by atoms with van der Waals surface area (Å²) < 4.78 is 5.53. The summed E-state index contributed by atoms with van der Waals surface area (Å²) in [4.78, 5) is 6.71. The van der Waals surface area contributed by atoms with Crippen LogP contribution in [0.15, 0.2) is 17.3 Å². The molecule has 1 aliphatic heterocycles. The number of oxime groups is 1. The Labute approximate surface area is 119 Å². The van der Waals surface area contributed by atoms with Crippen molar-refractivity contribution in [2.75, 3.05) is 25.1 Å². The molecule has 6 nitrogen and oxygen atoms in total. The van der Waals surface area contributed by atoms with E-state index in [2.05, 4.69) is 22.0 Å². The lowest BCUT2D eigenvalue weighted by Crippen LogP contribution is -2.45. The molecule has 110 valence electrons. The van der Waals surface area contributed by atoms with Crippen LogP contribution in [0.5, 0.6) is 0 Å². The summed E-state index contributed by atoms with van der Waals surface area (Å²) in [6, 6.07) is 3.70. The predicted octanol–water partition coefficient (Wildman–Crippen LogP) is 1.35. The molecular weight excluding hydrogens is 256 g/mol. The van der Waals surface area contributed by atoms with Crippen molar-refractivity contribution in [3.63, 3.8) is 0 Å². The number of aromatic nitrogens is 1. The Morgan fingerprint density at radius 1 is 1.55 bits per heavy atom. The first-order valence-corrected chi connectivity index (χ1v) is 6.80. The number of nitrogens with zero attached hydrogens (tertiary/aromatic N) is 3. The van der Waals surface area contributed by atoms with Crippen LogP contribution in [0.3, 0.4) is 0 Å². The zero-order chi connectivity index (χ0) is 14.7. The van der Waals surface area contributed by atoms with Gasteiger partial charge < -0.3 is 20.6 Å². The molecule has 1 fully saturated rings. The van der Waals surface area contributed by atoms with Gasteiger partial charge in [0, 0.05) is 25.9 Å². The minimum atomic E-state index is 0.0834. The molecule has 0 saturated carbocycles. The summed E-state index contributed by atoms with van der Waals surface area (Å²) in [6.07, 6.45) is 1.20. The first-order valence-electron chi connectivity index (χ1n) is 6.80. The van der Waals surface area contributed by atoms with Crippen LogP contribution in [0.1, 0.15) is 24.6 Å². The van der Waals surface area contributed by atoms with Crippen molar-refractivity contribution in [1.82, 2.24) is 4.98 Å². The topological polar surface area (TPSA) is 84.0 Å². The maximum atomic E-state index is 8.91. The van der Waals surface area contributed by atoms with E-state index in [0.717, 1.165) is 31.0 Å². The van der Waals surface area contributed by atoms with Gasteiger partial charge >= 0.3 is 0 Å². The molecule has 2 rings (SSSR count). The lowest BCUT2D eigenvalue weighted by molar-refractivity contribution is 0.0496. The quantitative estimate of drug-likeness (QED) is 0.377. The summed E-state index contributed by atoms with van der Waals surface area (Å²) in [6.45, 7) is 5.78. The largest absolute Gasteiger partial charge is 0.409 e. The lowest BCUT2D eigenvalue weighted by Gasteiger charge is -2.37. The van der Waals surface area contributed by atoms with Gasteiger partial charge in [0.25, 0.3) is 0 Å². The van der Waals surface area contributed by atoms with Crippen molar-refractivity contribution in [1.29, 1.82) is 0 Å². The molecule has 0 aliphatic carbocycles. The predicted molar refractivity (Wildman–Crippen MR) is 78.3 cm³/mol. The summed E-state index contributed by atoms with van der Waals surface area (Å²) in [7, 11) is 1.73. The molecule has 1 aliphatic rings. The molecular formula is C14H22N4O2. The second kappa shape index (κ2) is 6.09. The van der Waals surface area contributed by atoms with Crippen LogP contribution < -0.4 is 10.6 Å². The number of rotatable bonds is 3. The van der Waals surface area contributed by atoms with Crippen LogP contribution >= 0.6 is 0 Å². The number of hydrogen-bond donors (Lipinski definition) is 2. The molecule has 1 aromatic heterocycles. The number of aryl methyl sites for hydroxylation is 1. The van der Waals surface area contributed by atoms with Crippen molar-refractivity contribution >= 4 is 11.7 Å². The van der Waals surface area contributed by atoms with Crippen molar-refractivity contribution in [2.24, 2.45) is 16.8 Å². The van der Waals surface area contributed by atoms with Crippen molar-refractivity contribution in [3.05, 3.63) is 23.4 Å². The van der Waals surface area contributed by atoms with Gasteiger partial charge in [-0.25, -0.2) is 4.98 Å². The smallest absolute Gasteiger partial charge is 0.173 e. The standard InChI is InChI=1S/C14H22N4O2/c1-9-6-7-18(8-12(9)20-3)14-11(13(15)17-19)5-4-10(2)16-14/h4-5,9,12,19H,6-8H2,1-3H3,(H2,15,17). The van der Waals surface area contributed by atoms with Gasteiger partial charge in [0.2, 0.25) is 0 Å². The van der Waals surface area contributed by atoms with Crippen molar-refractivity contribution in [3.8, 4) is 0 Å². The molecule has 0 radical (unpaired) electrons. The Morgan fingerprint density at radius 3 is 2.95 bits per heavy atom. The Kier molecular flexibility index (Phi) is 4.44. The van der Waals surface area contributed by atoms with Crippen LogP contribution in [0.4, 0.5) is 5.82 Å². The number of amidine groups is 1. The third-order valence-electron chi connectivity index (χ3n) is 3.89. The van der Waals surface area contributed by atoms with Gasteiger partial charge in [0.1, 0.15) is 5.82 Å². The van der Waals surface area contributed by atoms with E-state index < -0.39 is 0 Å². The molecule has 2 heterocycles. The zero-order valence-corrected chi connectivity index (χ0v) is 12.2. The van der Waals surface area contributed by atoms with E-state index >= 15 is 0 Å². The third kappa shape index (κ3) is 2.85. The molecule has 2 atom stereocenters. The summed E-state index contributed by atoms with van der Waals surface area (Å²) >= 11 is 0. The SMILES string of the molecule is COC1CN(c2nc(C)ccc2/C(N)=N/O)CCC1C. The van der Waals surface area contributed by atoms with Crippen LogP contribution in [0.2, 0.25) is 0 Å². The van der Waals surface area contributed by atoms with Crippen LogP contribution in [0, 0.1) is 12.8 Å². The first kappa shape index (κ1) is 14.6. The highest BCUT2D eigenvalue weighted by Crippen LogP contribution is 2.26. The van der Waals surface area contributed by atoms with E-state index in [9.17, 15) is 0 Å². The molecule has 6 heteroatoms. The Morgan fingerprint density at radius 2 is 2.30 bits per heavy atom. The fraction of sp³-hybridized carbons (Fsp3) is 0.571. The summed E-state index contributed by atoms with van der Waals surface area (Å²) in [5.74, 6) is 1.36. The second-order valence-electron chi connectivity index (χ2n) is 5.30. The molecule has 0 spiro atoms. The first-order chi connectivity index (χ1) is 9.56. The van der Waals surface area contributed by atoms with Crippen LogP contribution in [-0.4, -0.2) is 42.3 Å². The average molecular weight is 278 g/mol. The van der Waals surface area contributed by atoms with E-state index in [1.54, 1.807) is 7.11 Å².